The number of aliphatic carboxylic acids is 1. The lowest BCUT2D eigenvalue weighted by Gasteiger charge is -2.27. The van der Waals surface area contributed by atoms with Gasteiger partial charge in [-0.2, -0.15) is 0 Å². The first-order valence-corrected chi connectivity index (χ1v) is 8.30. The van der Waals surface area contributed by atoms with Crippen LogP contribution in [0.15, 0.2) is 18.2 Å². The minimum Gasteiger partial charge on any atom is -0.480 e. The molecule has 0 saturated carbocycles. The van der Waals surface area contributed by atoms with Crippen LogP contribution in [0.25, 0.3) is 0 Å². The van der Waals surface area contributed by atoms with Gasteiger partial charge in [-0.3, -0.25) is 9.59 Å². The number of amides is 2. The molecule has 2 N–H and O–H groups in total. The van der Waals surface area contributed by atoms with Crippen molar-refractivity contribution in [3.05, 3.63) is 34.9 Å². The molecule has 130 valence electrons. The number of nitrogens with zero attached hydrogens (tertiary/aromatic N) is 1. The van der Waals surface area contributed by atoms with E-state index in [0.29, 0.717) is 5.56 Å². The van der Waals surface area contributed by atoms with Gasteiger partial charge >= 0.3 is 5.97 Å². The highest BCUT2D eigenvalue weighted by Crippen LogP contribution is 2.23. The van der Waals surface area contributed by atoms with Crippen molar-refractivity contribution in [2.24, 2.45) is 0 Å². The molecule has 0 heterocycles. The molecule has 6 nitrogen and oxygen atoms in total. The molecule has 1 unspecified atom stereocenters. The van der Waals surface area contributed by atoms with Crippen LogP contribution in [0.2, 0.25) is 0 Å². The number of fused-ring (bicyclic) bond motifs is 1. The quantitative estimate of drug-likeness (QED) is 0.829. The van der Waals surface area contributed by atoms with Gasteiger partial charge in [-0.05, 0) is 55.9 Å². The summed E-state index contributed by atoms with van der Waals surface area (Å²) in [5.74, 6) is -1.59. The predicted octanol–water partition coefficient (Wildman–Crippen LogP) is 1.62. The zero-order valence-electron chi connectivity index (χ0n) is 14.2. The molecule has 2 amide bonds. The van der Waals surface area contributed by atoms with E-state index in [2.05, 4.69) is 5.32 Å². The van der Waals surface area contributed by atoms with E-state index in [0.717, 1.165) is 19.3 Å². The second kappa shape index (κ2) is 7.95. The lowest BCUT2D eigenvalue weighted by molar-refractivity contribution is -0.141. The first-order valence-electron chi connectivity index (χ1n) is 8.30. The standard InChI is InChI=1S/C18H24N2O4/c1-12(18(23)24)20(10-9-19-13(2)21)17(22)16-8-7-14-5-3-4-6-15(14)11-16/h7-8,11-12H,3-6,9-10H2,1-2H3,(H,19,21)(H,23,24). The lowest BCUT2D eigenvalue weighted by Crippen LogP contribution is -2.46. The number of hydrogen-bond acceptors (Lipinski definition) is 3. The Balaban J connectivity index is 2.19. The Hall–Kier alpha value is -2.37. The molecule has 0 aliphatic heterocycles. The summed E-state index contributed by atoms with van der Waals surface area (Å²) in [6.45, 7) is 3.25. The number of rotatable bonds is 6. The first kappa shape index (κ1) is 18.0. The van der Waals surface area contributed by atoms with Crippen molar-refractivity contribution in [3.8, 4) is 0 Å². The Kier molecular flexibility index (Phi) is 5.95. The Morgan fingerprint density at radius 1 is 1.21 bits per heavy atom. The normalized spacial score (nSPS) is 14.4. The van der Waals surface area contributed by atoms with Gasteiger partial charge in [0.15, 0.2) is 0 Å². The van der Waals surface area contributed by atoms with E-state index in [1.54, 1.807) is 6.07 Å². The molecule has 6 heteroatoms. The van der Waals surface area contributed by atoms with Gasteiger partial charge < -0.3 is 15.3 Å². The Morgan fingerprint density at radius 3 is 2.50 bits per heavy atom. The molecule has 1 aromatic rings. The zero-order valence-corrected chi connectivity index (χ0v) is 14.2. The fourth-order valence-corrected chi connectivity index (χ4v) is 2.99. The Morgan fingerprint density at radius 2 is 1.88 bits per heavy atom. The summed E-state index contributed by atoms with van der Waals surface area (Å²) in [5.41, 5.74) is 2.96. The second-order valence-corrected chi connectivity index (χ2v) is 6.19. The highest BCUT2D eigenvalue weighted by molar-refractivity contribution is 5.96. The number of benzene rings is 1. The van der Waals surface area contributed by atoms with Crippen molar-refractivity contribution in [1.29, 1.82) is 0 Å². The Labute approximate surface area is 141 Å². The van der Waals surface area contributed by atoms with Gasteiger partial charge in [0.05, 0.1) is 0 Å². The minimum absolute atomic E-state index is 0.156. The molecule has 0 saturated heterocycles. The van der Waals surface area contributed by atoms with Crippen LogP contribution >= 0.6 is 0 Å². The van der Waals surface area contributed by atoms with Gasteiger partial charge in [0.2, 0.25) is 5.91 Å². The van der Waals surface area contributed by atoms with Gasteiger partial charge in [0, 0.05) is 25.6 Å². The molecule has 0 spiro atoms. The van der Waals surface area contributed by atoms with E-state index >= 15 is 0 Å². The van der Waals surface area contributed by atoms with E-state index in [-0.39, 0.29) is 24.9 Å². The molecule has 0 fully saturated rings. The summed E-state index contributed by atoms with van der Waals surface area (Å²) < 4.78 is 0. The van der Waals surface area contributed by atoms with Crippen molar-refractivity contribution in [1.82, 2.24) is 10.2 Å². The predicted molar refractivity (Wildman–Crippen MR) is 89.9 cm³/mol. The average molecular weight is 332 g/mol. The third-order valence-corrected chi connectivity index (χ3v) is 4.41. The monoisotopic (exact) mass is 332 g/mol. The molecule has 1 aromatic carbocycles. The number of hydrogen-bond donors (Lipinski definition) is 2. The van der Waals surface area contributed by atoms with Crippen LogP contribution in [0.1, 0.15) is 48.2 Å². The van der Waals surface area contributed by atoms with E-state index in [1.165, 1.54) is 36.3 Å². The maximum absolute atomic E-state index is 12.8. The van der Waals surface area contributed by atoms with Crippen molar-refractivity contribution >= 4 is 17.8 Å². The SMILES string of the molecule is CC(=O)NCCN(C(=O)c1ccc2c(c1)CCCC2)C(C)C(=O)O. The molecule has 0 radical (unpaired) electrons. The zero-order chi connectivity index (χ0) is 17.7. The smallest absolute Gasteiger partial charge is 0.326 e. The number of carboxylic acid groups (broad SMARTS) is 1. The third-order valence-electron chi connectivity index (χ3n) is 4.41. The summed E-state index contributed by atoms with van der Waals surface area (Å²) >= 11 is 0. The summed E-state index contributed by atoms with van der Waals surface area (Å²) in [7, 11) is 0. The maximum atomic E-state index is 12.8. The summed E-state index contributed by atoms with van der Waals surface area (Å²) in [6.07, 6.45) is 4.26. The summed E-state index contributed by atoms with van der Waals surface area (Å²) in [6, 6.07) is 4.67. The topological polar surface area (TPSA) is 86.7 Å². The average Bonchev–Trinajstić information content (AvgIpc) is 2.56. The fourth-order valence-electron chi connectivity index (χ4n) is 2.99. The highest BCUT2D eigenvalue weighted by Gasteiger charge is 2.26. The van der Waals surface area contributed by atoms with Crippen LogP contribution in [0.5, 0.6) is 0 Å². The molecule has 1 aliphatic carbocycles. The summed E-state index contributed by atoms with van der Waals surface area (Å²) in [4.78, 5) is 36.4. The number of carboxylic acids is 1. The molecule has 1 aliphatic rings. The van der Waals surface area contributed by atoms with E-state index in [4.69, 9.17) is 0 Å². The number of aryl methyl sites for hydroxylation is 2. The first-order chi connectivity index (χ1) is 11.4. The number of carbonyl (C=O) groups is 3. The second-order valence-electron chi connectivity index (χ2n) is 6.19. The molecule has 0 aromatic heterocycles. The van der Waals surface area contributed by atoms with Crippen LogP contribution in [-0.4, -0.2) is 46.9 Å². The van der Waals surface area contributed by atoms with Crippen LogP contribution < -0.4 is 5.32 Å². The maximum Gasteiger partial charge on any atom is 0.326 e. The van der Waals surface area contributed by atoms with Gasteiger partial charge in [0.25, 0.3) is 5.91 Å². The van der Waals surface area contributed by atoms with Gasteiger partial charge in [-0.15, -0.1) is 0 Å². The molecule has 2 rings (SSSR count). The van der Waals surface area contributed by atoms with Crippen LogP contribution in [-0.2, 0) is 22.4 Å². The molecule has 0 bridgehead atoms. The van der Waals surface area contributed by atoms with Crippen LogP contribution in [0.3, 0.4) is 0 Å². The van der Waals surface area contributed by atoms with Gasteiger partial charge in [0.1, 0.15) is 6.04 Å². The van der Waals surface area contributed by atoms with E-state index in [1.807, 2.05) is 12.1 Å². The van der Waals surface area contributed by atoms with E-state index < -0.39 is 12.0 Å². The van der Waals surface area contributed by atoms with Crippen molar-refractivity contribution in [3.63, 3.8) is 0 Å². The van der Waals surface area contributed by atoms with Crippen molar-refractivity contribution < 1.29 is 19.5 Å². The van der Waals surface area contributed by atoms with Crippen molar-refractivity contribution in [2.45, 2.75) is 45.6 Å². The molecular weight excluding hydrogens is 308 g/mol. The molecule has 1 atom stereocenters. The van der Waals surface area contributed by atoms with Gasteiger partial charge in [-0.25, -0.2) is 4.79 Å². The van der Waals surface area contributed by atoms with Crippen LogP contribution in [0, 0.1) is 0 Å². The van der Waals surface area contributed by atoms with Crippen molar-refractivity contribution in [2.75, 3.05) is 13.1 Å². The van der Waals surface area contributed by atoms with Gasteiger partial charge in [-0.1, -0.05) is 6.07 Å². The summed E-state index contributed by atoms with van der Waals surface area (Å²) in [5, 5.41) is 11.9. The largest absolute Gasteiger partial charge is 0.480 e. The Bertz CT molecular complexity index is 642. The number of nitrogens with one attached hydrogen (secondary N) is 1. The molecule has 24 heavy (non-hydrogen) atoms. The highest BCUT2D eigenvalue weighted by atomic mass is 16.4. The lowest BCUT2D eigenvalue weighted by atomic mass is 9.90. The number of carbonyl (C=O) groups excluding carboxylic acids is 2. The minimum atomic E-state index is -1.07. The molecular formula is C18H24N2O4. The van der Waals surface area contributed by atoms with Crippen LogP contribution in [0.4, 0.5) is 0 Å². The van der Waals surface area contributed by atoms with E-state index in [9.17, 15) is 19.5 Å². The third kappa shape index (κ3) is 4.34. The fraction of sp³-hybridized carbons (Fsp3) is 0.500.